The van der Waals surface area contributed by atoms with Crippen molar-refractivity contribution < 1.29 is 4.74 Å². The SMILES string of the molecule is CNc1ccnc(COC2CC(C)CCC2C(C)C)c1. The number of hydrogen-bond acceptors (Lipinski definition) is 3. The lowest BCUT2D eigenvalue weighted by atomic mass is 9.75. The van der Waals surface area contributed by atoms with Crippen molar-refractivity contribution >= 4 is 5.69 Å². The summed E-state index contributed by atoms with van der Waals surface area (Å²) in [4.78, 5) is 4.40. The van der Waals surface area contributed by atoms with Crippen molar-refractivity contribution in [1.82, 2.24) is 4.98 Å². The first kappa shape index (κ1) is 15.3. The van der Waals surface area contributed by atoms with E-state index in [1.807, 2.05) is 19.3 Å². The molecule has 112 valence electrons. The Morgan fingerprint density at radius 1 is 1.40 bits per heavy atom. The zero-order valence-corrected chi connectivity index (χ0v) is 13.2. The van der Waals surface area contributed by atoms with E-state index in [0.717, 1.165) is 17.3 Å². The normalized spacial score (nSPS) is 26.8. The molecule has 1 aliphatic carbocycles. The van der Waals surface area contributed by atoms with Gasteiger partial charge in [-0.3, -0.25) is 4.98 Å². The maximum atomic E-state index is 6.22. The minimum absolute atomic E-state index is 0.388. The predicted octanol–water partition coefficient (Wildman–Crippen LogP) is 4.10. The summed E-state index contributed by atoms with van der Waals surface area (Å²) < 4.78 is 6.22. The van der Waals surface area contributed by atoms with Crippen molar-refractivity contribution in [3.63, 3.8) is 0 Å². The first-order valence-corrected chi connectivity index (χ1v) is 7.84. The fourth-order valence-electron chi connectivity index (χ4n) is 3.21. The first-order valence-electron chi connectivity index (χ1n) is 7.84. The molecule has 0 bridgehead atoms. The van der Waals surface area contributed by atoms with Gasteiger partial charge < -0.3 is 10.1 Å². The Kier molecular flexibility index (Phi) is 5.41. The maximum Gasteiger partial charge on any atom is 0.0892 e. The standard InChI is InChI=1S/C17H28N2O/c1-12(2)16-6-5-13(3)9-17(16)20-11-15-10-14(18-4)7-8-19-15/h7-8,10,12-13,16-17H,5-6,9,11H2,1-4H3,(H,18,19). The summed E-state index contributed by atoms with van der Waals surface area (Å²) in [5.74, 6) is 2.18. The van der Waals surface area contributed by atoms with Gasteiger partial charge in [-0.05, 0) is 42.7 Å². The third-order valence-electron chi connectivity index (χ3n) is 4.51. The Balaban J connectivity index is 1.96. The van der Waals surface area contributed by atoms with Gasteiger partial charge in [0.15, 0.2) is 0 Å². The number of nitrogens with one attached hydrogen (secondary N) is 1. The molecule has 1 aromatic heterocycles. The second-order valence-corrected chi connectivity index (χ2v) is 6.46. The number of anilines is 1. The first-order chi connectivity index (χ1) is 9.60. The van der Waals surface area contributed by atoms with Crippen LogP contribution in [0.3, 0.4) is 0 Å². The van der Waals surface area contributed by atoms with Gasteiger partial charge in [-0.1, -0.05) is 27.2 Å². The van der Waals surface area contributed by atoms with Crippen LogP contribution in [0.4, 0.5) is 5.69 Å². The summed E-state index contributed by atoms with van der Waals surface area (Å²) in [5.41, 5.74) is 2.11. The second kappa shape index (κ2) is 7.07. The van der Waals surface area contributed by atoms with Crippen LogP contribution in [0, 0.1) is 17.8 Å². The highest BCUT2D eigenvalue weighted by Gasteiger charge is 2.31. The van der Waals surface area contributed by atoms with E-state index in [9.17, 15) is 0 Å². The van der Waals surface area contributed by atoms with Crippen LogP contribution >= 0.6 is 0 Å². The maximum absolute atomic E-state index is 6.22. The molecule has 0 spiro atoms. The highest BCUT2D eigenvalue weighted by atomic mass is 16.5. The summed E-state index contributed by atoms with van der Waals surface area (Å²) in [7, 11) is 1.93. The molecule has 3 atom stereocenters. The second-order valence-electron chi connectivity index (χ2n) is 6.46. The number of nitrogens with zero attached hydrogens (tertiary/aromatic N) is 1. The van der Waals surface area contributed by atoms with Gasteiger partial charge in [-0.25, -0.2) is 0 Å². The fraction of sp³-hybridized carbons (Fsp3) is 0.706. The van der Waals surface area contributed by atoms with Crippen molar-refractivity contribution in [3.8, 4) is 0 Å². The number of hydrogen-bond donors (Lipinski definition) is 1. The van der Waals surface area contributed by atoms with E-state index >= 15 is 0 Å². The molecule has 1 N–H and O–H groups in total. The molecule has 0 aliphatic heterocycles. The molecule has 0 radical (unpaired) electrons. The number of rotatable bonds is 5. The Morgan fingerprint density at radius 2 is 2.20 bits per heavy atom. The van der Waals surface area contributed by atoms with Gasteiger partial charge >= 0.3 is 0 Å². The average molecular weight is 276 g/mol. The van der Waals surface area contributed by atoms with Crippen LogP contribution in [0.5, 0.6) is 0 Å². The zero-order chi connectivity index (χ0) is 14.5. The van der Waals surface area contributed by atoms with Gasteiger partial charge in [0.1, 0.15) is 0 Å². The van der Waals surface area contributed by atoms with E-state index < -0.39 is 0 Å². The monoisotopic (exact) mass is 276 g/mol. The van der Waals surface area contributed by atoms with Crippen molar-refractivity contribution in [2.45, 2.75) is 52.7 Å². The van der Waals surface area contributed by atoms with Crippen LogP contribution in [0.25, 0.3) is 0 Å². The number of aromatic nitrogens is 1. The molecule has 0 aromatic carbocycles. The van der Waals surface area contributed by atoms with Gasteiger partial charge in [-0.15, -0.1) is 0 Å². The summed E-state index contributed by atoms with van der Waals surface area (Å²) in [5, 5.41) is 3.14. The minimum Gasteiger partial charge on any atom is -0.388 e. The zero-order valence-electron chi connectivity index (χ0n) is 13.2. The lowest BCUT2D eigenvalue weighted by molar-refractivity contribution is -0.0483. The van der Waals surface area contributed by atoms with Gasteiger partial charge in [0.25, 0.3) is 0 Å². The highest BCUT2D eigenvalue weighted by molar-refractivity contribution is 5.42. The van der Waals surface area contributed by atoms with Gasteiger partial charge in [0.2, 0.25) is 0 Å². The Labute approximate surface area is 123 Å². The van der Waals surface area contributed by atoms with Gasteiger partial charge in [0.05, 0.1) is 18.4 Å². The lowest BCUT2D eigenvalue weighted by Crippen LogP contribution is -2.34. The van der Waals surface area contributed by atoms with E-state index in [1.54, 1.807) is 0 Å². The Bertz CT molecular complexity index is 419. The van der Waals surface area contributed by atoms with Crippen LogP contribution in [0.1, 0.15) is 45.7 Å². The molecule has 1 heterocycles. The fourth-order valence-corrected chi connectivity index (χ4v) is 3.21. The molecule has 3 unspecified atom stereocenters. The van der Waals surface area contributed by atoms with Crippen LogP contribution in [-0.4, -0.2) is 18.1 Å². The number of ether oxygens (including phenoxy) is 1. The topological polar surface area (TPSA) is 34.2 Å². The molecule has 3 heteroatoms. The number of pyridine rings is 1. The summed E-state index contributed by atoms with van der Waals surface area (Å²) in [6.07, 6.45) is 6.06. The molecule has 1 saturated carbocycles. The van der Waals surface area contributed by atoms with E-state index in [-0.39, 0.29) is 0 Å². The van der Waals surface area contributed by atoms with Gasteiger partial charge in [0, 0.05) is 18.9 Å². The van der Waals surface area contributed by atoms with E-state index in [2.05, 4.69) is 37.1 Å². The van der Waals surface area contributed by atoms with Crippen molar-refractivity contribution in [2.75, 3.05) is 12.4 Å². The largest absolute Gasteiger partial charge is 0.388 e. The van der Waals surface area contributed by atoms with Crippen molar-refractivity contribution in [1.29, 1.82) is 0 Å². The van der Waals surface area contributed by atoms with Crippen LogP contribution < -0.4 is 5.32 Å². The summed E-state index contributed by atoms with van der Waals surface area (Å²) in [6, 6.07) is 4.04. The van der Waals surface area contributed by atoms with Crippen molar-refractivity contribution in [2.24, 2.45) is 17.8 Å². The molecule has 2 rings (SSSR count). The highest BCUT2D eigenvalue weighted by Crippen LogP contribution is 2.35. The molecule has 3 nitrogen and oxygen atoms in total. The van der Waals surface area contributed by atoms with E-state index in [0.29, 0.717) is 24.5 Å². The lowest BCUT2D eigenvalue weighted by Gasteiger charge is -2.37. The Morgan fingerprint density at radius 3 is 2.90 bits per heavy atom. The molecular weight excluding hydrogens is 248 g/mol. The predicted molar refractivity (Wildman–Crippen MR) is 83.7 cm³/mol. The van der Waals surface area contributed by atoms with Crippen LogP contribution in [0.2, 0.25) is 0 Å². The molecular formula is C17H28N2O. The van der Waals surface area contributed by atoms with E-state index in [4.69, 9.17) is 4.74 Å². The average Bonchev–Trinajstić information content (AvgIpc) is 2.45. The van der Waals surface area contributed by atoms with Crippen LogP contribution in [0.15, 0.2) is 18.3 Å². The molecule has 1 aromatic rings. The smallest absolute Gasteiger partial charge is 0.0892 e. The van der Waals surface area contributed by atoms with E-state index in [1.165, 1.54) is 19.3 Å². The molecule has 0 saturated heterocycles. The quantitative estimate of drug-likeness (QED) is 0.879. The Hall–Kier alpha value is -1.09. The summed E-state index contributed by atoms with van der Waals surface area (Å²) >= 11 is 0. The molecule has 20 heavy (non-hydrogen) atoms. The minimum atomic E-state index is 0.388. The third-order valence-corrected chi connectivity index (χ3v) is 4.51. The molecule has 0 amide bonds. The molecule has 1 aliphatic rings. The van der Waals surface area contributed by atoms with Gasteiger partial charge in [-0.2, -0.15) is 0 Å². The van der Waals surface area contributed by atoms with Crippen LogP contribution in [-0.2, 0) is 11.3 Å². The van der Waals surface area contributed by atoms with Crippen molar-refractivity contribution in [3.05, 3.63) is 24.0 Å². The third kappa shape index (κ3) is 3.95. The molecule has 1 fully saturated rings. The summed E-state index contributed by atoms with van der Waals surface area (Å²) in [6.45, 7) is 7.59.